The van der Waals surface area contributed by atoms with E-state index in [-0.39, 0.29) is 0 Å². The Balaban J connectivity index is 2.92. The second kappa shape index (κ2) is 6.18. The second-order valence-corrected chi connectivity index (χ2v) is 4.81. The Hall–Kier alpha value is -0.860. The van der Waals surface area contributed by atoms with Crippen LogP contribution in [-0.2, 0) is 21.7 Å². The SMILES string of the molecule is CCC(OC)(OC)c1ccc(CC(C)C)cc1. The molecule has 1 aromatic rings. The largest absolute Gasteiger partial charge is 0.349 e. The van der Waals surface area contributed by atoms with Gasteiger partial charge in [-0.25, -0.2) is 0 Å². The lowest BCUT2D eigenvalue weighted by atomic mass is 9.97. The number of rotatable bonds is 6. The topological polar surface area (TPSA) is 18.5 Å². The molecule has 0 fully saturated rings. The van der Waals surface area contributed by atoms with E-state index in [2.05, 4.69) is 45.0 Å². The van der Waals surface area contributed by atoms with E-state index in [9.17, 15) is 0 Å². The number of benzene rings is 1. The zero-order chi connectivity index (χ0) is 12.9. The molecule has 0 aliphatic heterocycles. The Kier molecular flexibility index (Phi) is 5.16. The summed E-state index contributed by atoms with van der Waals surface area (Å²) in [6.45, 7) is 6.53. The average molecular weight is 236 g/mol. The van der Waals surface area contributed by atoms with Crippen molar-refractivity contribution in [2.75, 3.05) is 14.2 Å². The van der Waals surface area contributed by atoms with Crippen LogP contribution in [0.25, 0.3) is 0 Å². The van der Waals surface area contributed by atoms with Crippen LogP contribution >= 0.6 is 0 Å². The van der Waals surface area contributed by atoms with Gasteiger partial charge in [-0.3, -0.25) is 0 Å². The molecule has 0 saturated carbocycles. The van der Waals surface area contributed by atoms with Crippen LogP contribution in [0.3, 0.4) is 0 Å². The zero-order valence-electron chi connectivity index (χ0n) is 11.6. The molecule has 1 rings (SSSR count). The Morgan fingerprint density at radius 3 is 1.94 bits per heavy atom. The van der Waals surface area contributed by atoms with Gasteiger partial charge >= 0.3 is 0 Å². The average Bonchev–Trinajstić information content (AvgIpc) is 2.33. The molecular formula is C15H24O2. The fourth-order valence-electron chi connectivity index (χ4n) is 2.18. The van der Waals surface area contributed by atoms with E-state index in [1.807, 2.05) is 0 Å². The van der Waals surface area contributed by atoms with E-state index >= 15 is 0 Å². The van der Waals surface area contributed by atoms with Crippen molar-refractivity contribution in [2.45, 2.75) is 39.4 Å². The fraction of sp³-hybridized carbons (Fsp3) is 0.600. The first-order valence-corrected chi connectivity index (χ1v) is 6.27. The van der Waals surface area contributed by atoms with Crippen molar-refractivity contribution in [3.8, 4) is 0 Å². The molecule has 0 saturated heterocycles. The molecule has 0 heterocycles. The van der Waals surface area contributed by atoms with Crippen LogP contribution in [0.5, 0.6) is 0 Å². The summed E-state index contributed by atoms with van der Waals surface area (Å²) in [7, 11) is 3.38. The molecule has 0 spiro atoms. The second-order valence-electron chi connectivity index (χ2n) is 4.81. The van der Waals surface area contributed by atoms with E-state index in [1.165, 1.54) is 5.56 Å². The Morgan fingerprint density at radius 2 is 1.59 bits per heavy atom. The van der Waals surface area contributed by atoms with Crippen molar-refractivity contribution in [2.24, 2.45) is 5.92 Å². The first-order chi connectivity index (χ1) is 8.07. The van der Waals surface area contributed by atoms with E-state index in [4.69, 9.17) is 9.47 Å². The van der Waals surface area contributed by atoms with Gasteiger partial charge in [0.05, 0.1) is 0 Å². The summed E-state index contributed by atoms with van der Waals surface area (Å²) in [5, 5.41) is 0. The first kappa shape index (κ1) is 14.2. The van der Waals surface area contributed by atoms with E-state index in [0.717, 1.165) is 18.4 Å². The van der Waals surface area contributed by atoms with Gasteiger partial charge in [0.25, 0.3) is 0 Å². The van der Waals surface area contributed by atoms with Crippen LogP contribution in [0.2, 0.25) is 0 Å². The van der Waals surface area contributed by atoms with Crippen LogP contribution in [-0.4, -0.2) is 14.2 Å². The first-order valence-electron chi connectivity index (χ1n) is 6.27. The number of hydrogen-bond acceptors (Lipinski definition) is 2. The predicted molar refractivity (Wildman–Crippen MR) is 71.0 cm³/mol. The zero-order valence-corrected chi connectivity index (χ0v) is 11.6. The van der Waals surface area contributed by atoms with Crippen LogP contribution in [0.4, 0.5) is 0 Å². The maximum Gasteiger partial charge on any atom is 0.193 e. The van der Waals surface area contributed by atoms with Gasteiger partial charge in [-0.2, -0.15) is 0 Å². The van der Waals surface area contributed by atoms with Crippen molar-refractivity contribution in [1.29, 1.82) is 0 Å². The van der Waals surface area contributed by atoms with Crippen molar-refractivity contribution >= 4 is 0 Å². The molecule has 0 aliphatic rings. The number of ether oxygens (including phenoxy) is 2. The van der Waals surface area contributed by atoms with Crippen molar-refractivity contribution < 1.29 is 9.47 Å². The van der Waals surface area contributed by atoms with Crippen LogP contribution in [0, 0.1) is 5.92 Å². The van der Waals surface area contributed by atoms with Crippen LogP contribution in [0.15, 0.2) is 24.3 Å². The third-order valence-corrected chi connectivity index (χ3v) is 3.16. The monoisotopic (exact) mass is 236 g/mol. The minimum atomic E-state index is -0.601. The van der Waals surface area contributed by atoms with Gasteiger partial charge in [-0.05, 0) is 17.9 Å². The lowest BCUT2D eigenvalue weighted by molar-refractivity contribution is -0.217. The highest BCUT2D eigenvalue weighted by Crippen LogP contribution is 2.29. The molecule has 0 amide bonds. The van der Waals surface area contributed by atoms with Crippen molar-refractivity contribution in [3.63, 3.8) is 0 Å². The molecule has 1 aromatic carbocycles. The Morgan fingerprint density at radius 1 is 1.06 bits per heavy atom. The normalized spacial score (nSPS) is 12.1. The highest BCUT2D eigenvalue weighted by atomic mass is 16.7. The third-order valence-electron chi connectivity index (χ3n) is 3.16. The van der Waals surface area contributed by atoms with Crippen LogP contribution < -0.4 is 0 Å². The molecule has 2 nitrogen and oxygen atoms in total. The quantitative estimate of drug-likeness (QED) is 0.700. The maximum atomic E-state index is 5.52. The predicted octanol–water partition coefficient (Wildman–Crippen LogP) is 3.74. The van der Waals surface area contributed by atoms with Gasteiger partial charge in [0.15, 0.2) is 5.79 Å². The van der Waals surface area contributed by atoms with Crippen LogP contribution in [0.1, 0.15) is 38.3 Å². The molecular weight excluding hydrogens is 212 g/mol. The van der Waals surface area contributed by atoms with Gasteiger partial charge in [0.2, 0.25) is 0 Å². The molecule has 0 aliphatic carbocycles. The number of hydrogen-bond donors (Lipinski definition) is 0. The standard InChI is InChI=1S/C15H24O2/c1-6-15(16-4,17-5)14-9-7-13(8-10-14)11-12(2)3/h7-10,12H,6,11H2,1-5H3. The fourth-order valence-corrected chi connectivity index (χ4v) is 2.18. The molecule has 0 unspecified atom stereocenters. The molecule has 17 heavy (non-hydrogen) atoms. The summed E-state index contributed by atoms with van der Waals surface area (Å²) in [5.41, 5.74) is 2.44. The Bertz CT molecular complexity index is 315. The van der Waals surface area contributed by atoms with Gasteiger partial charge in [-0.1, -0.05) is 45.0 Å². The minimum absolute atomic E-state index is 0.601. The minimum Gasteiger partial charge on any atom is -0.349 e. The maximum absolute atomic E-state index is 5.52. The molecule has 0 atom stereocenters. The van der Waals surface area contributed by atoms with Gasteiger partial charge in [-0.15, -0.1) is 0 Å². The molecule has 0 radical (unpaired) electrons. The van der Waals surface area contributed by atoms with Gasteiger partial charge in [0.1, 0.15) is 0 Å². The highest BCUT2D eigenvalue weighted by Gasteiger charge is 2.29. The summed E-state index contributed by atoms with van der Waals surface area (Å²) < 4.78 is 11.0. The van der Waals surface area contributed by atoms with Gasteiger partial charge < -0.3 is 9.47 Å². The van der Waals surface area contributed by atoms with Gasteiger partial charge in [0, 0.05) is 26.2 Å². The molecule has 96 valence electrons. The smallest absolute Gasteiger partial charge is 0.193 e. The summed E-state index contributed by atoms with van der Waals surface area (Å²) in [6, 6.07) is 8.54. The lowest BCUT2D eigenvalue weighted by Crippen LogP contribution is -2.29. The van der Waals surface area contributed by atoms with E-state index < -0.39 is 5.79 Å². The summed E-state index contributed by atoms with van der Waals surface area (Å²) in [6.07, 6.45) is 1.91. The molecule has 0 bridgehead atoms. The van der Waals surface area contributed by atoms with E-state index in [1.54, 1.807) is 14.2 Å². The molecule has 2 heteroatoms. The van der Waals surface area contributed by atoms with E-state index in [0.29, 0.717) is 5.92 Å². The number of methoxy groups -OCH3 is 2. The third kappa shape index (κ3) is 3.30. The summed E-state index contributed by atoms with van der Waals surface area (Å²) in [5.74, 6) is 0.0812. The molecule has 0 aromatic heterocycles. The molecule has 0 N–H and O–H groups in total. The summed E-state index contributed by atoms with van der Waals surface area (Å²) >= 11 is 0. The Labute approximate surface area is 105 Å². The lowest BCUT2D eigenvalue weighted by Gasteiger charge is -2.30. The van der Waals surface area contributed by atoms with Crippen molar-refractivity contribution in [1.82, 2.24) is 0 Å². The van der Waals surface area contributed by atoms with Crippen molar-refractivity contribution in [3.05, 3.63) is 35.4 Å². The summed E-state index contributed by atoms with van der Waals surface area (Å²) in [4.78, 5) is 0. The highest BCUT2D eigenvalue weighted by molar-refractivity contribution is 5.26.